The Morgan fingerprint density at radius 2 is 1.81 bits per heavy atom. The van der Waals surface area contributed by atoms with E-state index in [1.54, 1.807) is 30.5 Å². The number of hydrogen-bond donors (Lipinski definition) is 0. The first-order chi connectivity index (χ1) is 12.4. The highest BCUT2D eigenvalue weighted by Gasteiger charge is 2.72. The van der Waals surface area contributed by atoms with Gasteiger partial charge in [0.2, 0.25) is 11.8 Å². The lowest BCUT2D eigenvalue weighted by molar-refractivity contribution is -0.129. The van der Waals surface area contributed by atoms with Crippen molar-refractivity contribution in [3.63, 3.8) is 0 Å². The van der Waals surface area contributed by atoms with Crippen LogP contribution in [0.3, 0.4) is 0 Å². The highest BCUT2D eigenvalue weighted by atomic mass is 16.5. The van der Waals surface area contributed by atoms with Gasteiger partial charge in [-0.25, -0.2) is 4.90 Å². The molecule has 0 N–H and O–H groups in total. The number of amides is 2. The normalized spacial score (nSPS) is 35.2. The molecular formula is C20H17N3O3. The smallest absolute Gasteiger partial charge is 0.240 e. The molecule has 6 nitrogen and oxygen atoms in total. The van der Waals surface area contributed by atoms with Crippen molar-refractivity contribution in [3.05, 3.63) is 36.0 Å². The Kier molecular flexibility index (Phi) is 2.79. The van der Waals surface area contributed by atoms with Crippen molar-refractivity contribution >= 4 is 28.4 Å². The third-order valence-electron chi connectivity index (χ3n) is 6.31. The molecule has 2 unspecified atom stereocenters. The first kappa shape index (κ1) is 15.5. The van der Waals surface area contributed by atoms with Crippen LogP contribution < -0.4 is 4.90 Å². The molecule has 26 heavy (non-hydrogen) atoms. The van der Waals surface area contributed by atoms with Crippen molar-refractivity contribution in [1.82, 2.24) is 4.98 Å². The zero-order valence-electron chi connectivity index (χ0n) is 14.5. The van der Waals surface area contributed by atoms with Crippen molar-refractivity contribution in [3.8, 4) is 6.07 Å². The number of nitrogens with zero attached hydrogens (tertiary/aromatic N) is 3. The van der Waals surface area contributed by atoms with Gasteiger partial charge >= 0.3 is 0 Å². The van der Waals surface area contributed by atoms with Crippen molar-refractivity contribution in [1.29, 1.82) is 5.26 Å². The van der Waals surface area contributed by atoms with Gasteiger partial charge in [-0.2, -0.15) is 5.26 Å². The summed E-state index contributed by atoms with van der Waals surface area (Å²) in [5.74, 6) is -1.31. The van der Waals surface area contributed by atoms with Crippen molar-refractivity contribution in [2.24, 2.45) is 11.8 Å². The molecule has 4 atom stereocenters. The van der Waals surface area contributed by atoms with Crippen LogP contribution in [0.25, 0.3) is 10.9 Å². The zero-order valence-corrected chi connectivity index (χ0v) is 14.5. The molecule has 6 heteroatoms. The molecule has 130 valence electrons. The average molecular weight is 347 g/mol. The van der Waals surface area contributed by atoms with Crippen molar-refractivity contribution in [2.75, 3.05) is 4.90 Å². The lowest BCUT2D eigenvalue weighted by atomic mass is 9.69. The van der Waals surface area contributed by atoms with Crippen LogP contribution in [0.4, 0.5) is 5.69 Å². The maximum absolute atomic E-state index is 13.3. The number of carbonyl (C=O) groups is 2. The third kappa shape index (κ3) is 1.66. The standard InChI is InChI=1S/C20H17N3O3/c1-19-7-8-20(2,26-19)15-14(19)17(24)23(18(15)25)13-6-5-11(10-21)16-12(13)4-3-9-22-16/h3-6,9,14-15H,7-8H2,1-2H3/t14-,15+,19?,20?. The summed E-state index contributed by atoms with van der Waals surface area (Å²) in [7, 11) is 0. The van der Waals surface area contributed by atoms with E-state index in [4.69, 9.17) is 4.74 Å². The van der Waals surface area contributed by atoms with Gasteiger partial charge < -0.3 is 4.74 Å². The van der Waals surface area contributed by atoms with Crippen LogP contribution in [-0.4, -0.2) is 28.0 Å². The molecule has 3 aliphatic rings. The van der Waals surface area contributed by atoms with E-state index < -0.39 is 23.0 Å². The van der Waals surface area contributed by atoms with E-state index in [1.807, 2.05) is 13.8 Å². The molecule has 0 spiro atoms. The number of ether oxygens (including phenoxy) is 1. The molecule has 0 aliphatic carbocycles. The summed E-state index contributed by atoms with van der Waals surface area (Å²) in [5.41, 5.74) is 0.263. The summed E-state index contributed by atoms with van der Waals surface area (Å²) >= 11 is 0. The molecule has 5 rings (SSSR count). The third-order valence-corrected chi connectivity index (χ3v) is 6.31. The fourth-order valence-electron chi connectivity index (χ4n) is 5.15. The van der Waals surface area contributed by atoms with Gasteiger partial charge in [0.25, 0.3) is 0 Å². The number of hydrogen-bond acceptors (Lipinski definition) is 5. The second-order valence-electron chi connectivity index (χ2n) is 7.84. The number of benzene rings is 1. The van der Waals surface area contributed by atoms with Crippen molar-refractivity contribution in [2.45, 2.75) is 37.9 Å². The number of carbonyl (C=O) groups excluding carboxylic acids is 2. The van der Waals surface area contributed by atoms with Gasteiger partial charge in [0.1, 0.15) is 6.07 Å². The monoisotopic (exact) mass is 347 g/mol. The van der Waals surface area contributed by atoms with Crippen LogP contribution in [0.1, 0.15) is 32.3 Å². The van der Waals surface area contributed by atoms with Crippen LogP contribution in [0.5, 0.6) is 0 Å². The fraction of sp³-hybridized carbons (Fsp3) is 0.400. The van der Waals surface area contributed by atoms with Crippen LogP contribution >= 0.6 is 0 Å². The van der Waals surface area contributed by atoms with Gasteiger partial charge in [0.15, 0.2) is 0 Å². The van der Waals surface area contributed by atoms with Gasteiger partial charge in [-0.1, -0.05) is 0 Å². The molecule has 1 aromatic heterocycles. The number of nitriles is 1. The van der Waals surface area contributed by atoms with E-state index in [1.165, 1.54) is 4.90 Å². The molecule has 3 aliphatic heterocycles. The molecule has 3 saturated heterocycles. The second kappa shape index (κ2) is 4.68. The predicted octanol–water partition coefficient (Wildman–Crippen LogP) is 2.55. The Balaban J connectivity index is 1.70. The quantitative estimate of drug-likeness (QED) is 0.740. The molecule has 0 radical (unpaired) electrons. The Hall–Kier alpha value is -2.78. The molecule has 2 aromatic rings. The Bertz CT molecular complexity index is 1010. The van der Waals surface area contributed by atoms with Crippen molar-refractivity contribution < 1.29 is 14.3 Å². The van der Waals surface area contributed by atoms with E-state index in [2.05, 4.69) is 11.1 Å². The SMILES string of the molecule is CC12CCC(C)(O1)[C@H]1C(=O)N(c3ccc(C#N)c4ncccc34)C(=O)[C@H]12. The maximum Gasteiger partial charge on any atom is 0.240 e. The first-order valence-electron chi connectivity index (χ1n) is 8.75. The molecule has 3 fully saturated rings. The van der Waals surface area contributed by atoms with Gasteiger partial charge in [0.05, 0.1) is 39.8 Å². The average Bonchev–Trinajstić information content (AvgIpc) is 3.18. The topological polar surface area (TPSA) is 83.3 Å². The fourth-order valence-corrected chi connectivity index (χ4v) is 5.15. The molecular weight excluding hydrogens is 330 g/mol. The summed E-state index contributed by atoms with van der Waals surface area (Å²) in [6.07, 6.45) is 3.17. The van der Waals surface area contributed by atoms with Gasteiger partial charge in [-0.3, -0.25) is 14.6 Å². The van der Waals surface area contributed by atoms with E-state index in [-0.39, 0.29) is 11.8 Å². The Labute approximate surface area is 150 Å². The highest BCUT2D eigenvalue weighted by molar-refractivity contribution is 6.26. The number of anilines is 1. The Morgan fingerprint density at radius 3 is 2.42 bits per heavy atom. The van der Waals surface area contributed by atoms with Gasteiger partial charge in [0, 0.05) is 11.6 Å². The van der Waals surface area contributed by atoms with E-state index in [9.17, 15) is 14.9 Å². The molecule has 4 heterocycles. The highest BCUT2D eigenvalue weighted by Crippen LogP contribution is 2.61. The predicted molar refractivity (Wildman–Crippen MR) is 93.1 cm³/mol. The maximum atomic E-state index is 13.3. The van der Waals surface area contributed by atoms with Crippen LogP contribution in [0, 0.1) is 23.2 Å². The van der Waals surface area contributed by atoms with E-state index in [0.29, 0.717) is 22.2 Å². The summed E-state index contributed by atoms with van der Waals surface area (Å²) in [4.78, 5) is 32.1. The first-order valence-corrected chi connectivity index (χ1v) is 8.75. The minimum atomic E-state index is -0.582. The summed E-state index contributed by atoms with van der Waals surface area (Å²) in [6, 6.07) is 8.95. The largest absolute Gasteiger partial charge is 0.367 e. The van der Waals surface area contributed by atoms with Gasteiger partial charge in [-0.05, 0) is 51.0 Å². The lowest BCUT2D eigenvalue weighted by Gasteiger charge is -2.27. The van der Waals surface area contributed by atoms with Crippen LogP contribution in [-0.2, 0) is 14.3 Å². The molecule has 1 aromatic carbocycles. The minimum absolute atomic E-state index is 0.208. The van der Waals surface area contributed by atoms with Crippen LogP contribution in [0.15, 0.2) is 30.5 Å². The number of aromatic nitrogens is 1. The van der Waals surface area contributed by atoms with E-state index >= 15 is 0 Å². The molecule has 2 amide bonds. The number of imide groups is 1. The van der Waals surface area contributed by atoms with Crippen LogP contribution in [0.2, 0.25) is 0 Å². The molecule has 2 bridgehead atoms. The lowest BCUT2D eigenvalue weighted by Crippen LogP contribution is -2.40. The van der Waals surface area contributed by atoms with E-state index in [0.717, 1.165) is 12.8 Å². The number of pyridine rings is 1. The zero-order chi connectivity index (χ0) is 18.3. The van der Waals surface area contributed by atoms with Gasteiger partial charge in [-0.15, -0.1) is 0 Å². The minimum Gasteiger partial charge on any atom is -0.367 e. The summed E-state index contributed by atoms with van der Waals surface area (Å²) in [6.45, 7) is 3.88. The summed E-state index contributed by atoms with van der Waals surface area (Å²) in [5, 5.41) is 9.95. The number of rotatable bonds is 1. The number of fused-ring (bicyclic) bond motifs is 6. The second-order valence-corrected chi connectivity index (χ2v) is 7.84. The Morgan fingerprint density at radius 1 is 1.15 bits per heavy atom. The molecule has 0 saturated carbocycles. The summed E-state index contributed by atoms with van der Waals surface area (Å²) < 4.78 is 6.14.